The van der Waals surface area contributed by atoms with Crippen molar-refractivity contribution in [3.05, 3.63) is 48.6 Å². The Bertz CT molecular complexity index is 1040. The third-order valence-corrected chi connectivity index (χ3v) is 12.4. The number of rotatable bonds is 51. The first-order valence-electron chi connectivity index (χ1n) is 27.7. The minimum atomic E-state index is -0.771. The van der Waals surface area contributed by atoms with Gasteiger partial charge in [0.05, 0.1) is 6.61 Å². The van der Waals surface area contributed by atoms with Gasteiger partial charge < -0.3 is 14.6 Å². The highest BCUT2D eigenvalue weighted by Crippen LogP contribution is 2.17. The average molecular weight is 883 g/mol. The van der Waals surface area contributed by atoms with E-state index in [0.717, 1.165) is 57.8 Å². The molecule has 5 nitrogen and oxygen atoms in total. The first-order chi connectivity index (χ1) is 31.1. The average Bonchev–Trinajstić information content (AvgIpc) is 3.29. The highest BCUT2D eigenvalue weighted by Gasteiger charge is 2.16. The number of esters is 2. The molecule has 0 aliphatic carbocycles. The van der Waals surface area contributed by atoms with Crippen molar-refractivity contribution in [2.45, 2.75) is 296 Å². The van der Waals surface area contributed by atoms with Crippen molar-refractivity contribution in [1.82, 2.24) is 0 Å². The van der Waals surface area contributed by atoms with Crippen molar-refractivity contribution in [3.8, 4) is 0 Å². The summed E-state index contributed by atoms with van der Waals surface area (Å²) in [4.78, 5) is 24.5. The van der Waals surface area contributed by atoms with E-state index in [1.54, 1.807) is 0 Å². The molecule has 0 saturated carbocycles. The molecule has 0 saturated heterocycles. The van der Waals surface area contributed by atoms with E-state index in [1.165, 1.54) is 205 Å². The van der Waals surface area contributed by atoms with E-state index in [4.69, 9.17) is 9.47 Å². The predicted molar refractivity (Wildman–Crippen MR) is 274 cm³/mol. The summed E-state index contributed by atoms with van der Waals surface area (Å²) in [5.74, 6) is -0.576. The monoisotopic (exact) mass is 883 g/mol. The lowest BCUT2D eigenvalue weighted by Gasteiger charge is -2.15. The molecule has 5 heteroatoms. The summed E-state index contributed by atoms with van der Waals surface area (Å²) in [6, 6.07) is 0. The lowest BCUT2D eigenvalue weighted by Crippen LogP contribution is -2.28. The Kier molecular flexibility index (Phi) is 52.4. The summed E-state index contributed by atoms with van der Waals surface area (Å²) in [6.07, 6.45) is 70.8. The topological polar surface area (TPSA) is 72.8 Å². The molecular weight excluding hydrogens is 777 g/mol. The van der Waals surface area contributed by atoms with Gasteiger partial charge in [-0.2, -0.15) is 0 Å². The Hall–Kier alpha value is -2.14. The van der Waals surface area contributed by atoms with E-state index < -0.39 is 6.10 Å². The molecule has 0 aromatic heterocycles. The molecule has 0 fully saturated rings. The zero-order valence-electron chi connectivity index (χ0n) is 42.1. The second-order valence-electron chi connectivity index (χ2n) is 18.6. The van der Waals surface area contributed by atoms with Gasteiger partial charge in [-0.05, 0) is 51.4 Å². The molecule has 0 aromatic rings. The molecule has 368 valence electrons. The summed E-state index contributed by atoms with van der Waals surface area (Å²) in [7, 11) is 0. The van der Waals surface area contributed by atoms with Gasteiger partial charge in [0.15, 0.2) is 6.10 Å². The molecule has 1 N–H and O–H groups in total. The second kappa shape index (κ2) is 54.2. The summed E-state index contributed by atoms with van der Waals surface area (Å²) in [5.41, 5.74) is 0. The Morgan fingerprint density at radius 1 is 0.381 bits per heavy atom. The number of hydrogen-bond acceptors (Lipinski definition) is 5. The number of carbonyl (C=O) groups is 2. The van der Waals surface area contributed by atoms with Gasteiger partial charge >= 0.3 is 11.9 Å². The predicted octanol–water partition coefficient (Wildman–Crippen LogP) is 18.5. The second-order valence-corrected chi connectivity index (χ2v) is 18.6. The van der Waals surface area contributed by atoms with Gasteiger partial charge in [0.2, 0.25) is 0 Å². The van der Waals surface area contributed by atoms with Crippen molar-refractivity contribution in [2.24, 2.45) is 0 Å². The van der Waals surface area contributed by atoms with Gasteiger partial charge in [-0.15, -0.1) is 0 Å². The summed E-state index contributed by atoms with van der Waals surface area (Å²) >= 11 is 0. The van der Waals surface area contributed by atoms with Gasteiger partial charge in [0.1, 0.15) is 6.61 Å². The lowest BCUT2D eigenvalue weighted by atomic mass is 10.0. The van der Waals surface area contributed by atoms with Gasteiger partial charge in [-0.25, -0.2) is 0 Å². The van der Waals surface area contributed by atoms with Crippen molar-refractivity contribution >= 4 is 11.9 Å². The molecule has 0 radical (unpaired) electrons. The largest absolute Gasteiger partial charge is 0.462 e. The third-order valence-electron chi connectivity index (χ3n) is 12.4. The van der Waals surface area contributed by atoms with Gasteiger partial charge in [-0.1, -0.05) is 274 Å². The van der Waals surface area contributed by atoms with Crippen LogP contribution < -0.4 is 0 Å². The summed E-state index contributed by atoms with van der Waals surface area (Å²) < 4.78 is 10.7. The van der Waals surface area contributed by atoms with E-state index >= 15 is 0 Å². The minimum absolute atomic E-state index is 0.0619. The number of aliphatic hydroxyl groups excluding tert-OH is 1. The fourth-order valence-electron chi connectivity index (χ4n) is 8.26. The highest BCUT2D eigenvalue weighted by atomic mass is 16.6. The van der Waals surface area contributed by atoms with E-state index in [9.17, 15) is 14.7 Å². The van der Waals surface area contributed by atoms with Crippen LogP contribution in [-0.4, -0.2) is 36.4 Å². The maximum absolute atomic E-state index is 12.3. The minimum Gasteiger partial charge on any atom is -0.462 e. The van der Waals surface area contributed by atoms with E-state index in [0.29, 0.717) is 12.8 Å². The third kappa shape index (κ3) is 52.4. The molecule has 0 heterocycles. The molecule has 63 heavy (non-hydrogen) atoms. The number of ether oxygens (including phenoxy) is 2. The van der Waals surface area contributed by atoms with Crippen molar-refractivity contribution in [2.75, 3.05) is 13.2 Å². The quantitative estimate of drug-likeness (QED) is 0.0374. The van der Waals surface area contributed by atoms with E-state index in [-0.39, 0.29) is 25.2 Å². The zero-order valence-corrected chi connectivity index (χ0v) is 42.1. The van der Waals surface area contributed by atoms with E-state index in [2.05, 4.69) is 62.5 Å². The van der Waals surface area contributed by atoms with Crippen LogP contribution in [0.15, 0.2) is 48.6 Å². The van der Waals surface area contributed by atoms with Crippen molar-refractivity contribution < 1.29 is 24.2 Å². The van der Waals surface area contributed by atoms with Crippen LogP contribution in [0.3, 0.4) is 0 Å². The smallest absolute Gasteiger partial charge is 0.306 e. The number of aliphatic hydroxyl groups is 1. The standard InChI is InChI=1S/C58H106O5/c1-3-5-7-9-11-13-15-17-19-21-23-25-27-28-29-30-31-33-35-37-39-41-43-45-47-49-51-53-58(61)63-56(54-59)55-62-57(60)52-50-48-46-44-42-40-38-36-34-32-26-24-22-20-18-16-14-12-10-8-6-4-2/h5,7,11,13,17,19,23,25,56,59H,3-4,6,8-10,12,14-16,18,20-22,24,26-55H2,1-2H3/b7-5-,13-11-,19-17-,25-23-. The Balaban J connectivity index is 3.45. The van der Waals surface area contributed by atoms with Crippen LogP contribution in [0.4, 0.5) is 0 Å². The Morgan fingerprint density at radius 2 is 0.683 bits per heavy atom. The van der Waals surface area contributed by atoms with Gasteiger partial charge in [0, 0.05) is 12.8 Å². The summed E-state index contributed by atoms with van der Waals surface area (Å²) in [6.45, 7) is 4.07. The Morgan fingerprint density at radius 3 is 1.03 bits per heavy atom. The summed E-state index contributed by atoms with van der Waals surface area (Å²) in [5, 5.41) is 9.65. The van der Waals surface area contributed by atoms with E-state index in [1.807, 2.05) is 0 Å². The molecule has 0 aromatic carbocycles. The van der Waals surface area contributed by atoms with Crippen LogP contribution in [0.25, 0.3) is 0 Å². The Labute approximate surface area is 392 Å². The van der Waals surface area contributed by atoms with Crippen LogP contribution >= 0.6 is 0 Å². The molecule has 1 unspecified atom stereocenters. The maximum atomic E-state index is 12.3. The van der Waals surface area contributed by atoms with Crippen LogP contribution in [-0.2, 0) is 19.1 Å². The van der Waals surface area contributed by atoms with Crippen LogP contribution in [0.2, 0.25) is 0 Å². The lowest BCUT2D eigenvalue weighted by molar-refractivity contribution is -0.161. The SMILES string of the molecule is CC/C=C\C/C=C\C/C=C\C/C=C\CCCCCCCCCCCCCCCCC(=O)OC(CO)COC(=O)CCCCCCCCCCCCCCCCCCCCCCCC. The molecule has 0 spiro atoms. The fraction of sp³-hybridized carbons (Fsp3) is 0.828. The highest BCUT2D eigenvalue weighted by molar-refractivity contribution is 5.70. The molecular formula is C58H106O5. The number of carbonyl (C=O) groups excluding carboxylic acids is 2. The molecule has 0 rings (SSSR count). The van der Waals surface area contributed by atoms with Gasteiger partial charge in [-0.3, -0.25) is 9.59 Å². The fourth-order valence-corrected chi connectivity index (χ4v) is 8.26. The number of unbranched alkanes of at least 4 members (excludes halogenated alkanes) is 35. The number of hydrogen-bond donors (Lipinski definition) is 1. The molecule has 1 atom stereocenters. The molecule has 0 amide bonds. The van der Waals surface area contributed by atoms with Crippen LogP contribution in [0, 0.1) is 0 Å². The molecule has 0 bridgehead atoms. The first kappa shape index (κ1) is 60.9. The first-order valence-corrected chi connectivity index (χ1v) is 27.7. The van der Waals surface area contributed by atoms with Crippen LogP contribution in [0.5, 0.6) is 0 Å². The van der Waals surface area contributed by atoms with Crippen molar-refractivity contribution in [1.29, 1.82) is 0 Å². The van der Waals surface area contributed by atoms with Crippen molar-refractivity contribution in [3.63, 3.8) is 0 Å². The molecule has 0 aliphatic heterocycles. The zero-order chi connectivity index (χ0) is 45.6. The van der Waals surface area contributed by atoms with Crippen LogP contribution in [0.1, 0.15) is 290 Å². The number of allylic oxidation sites excluding steroid dienone is 8. The normalized spacial score (nSPS) is 12.5. The molecule has 0 aliphatic rings. The van der Waals surface area contributed by atoms with Gasteiger partial charge in [0.25, 0.3) is 0 Å². The maximum Gasteiger partial charge on any atom is 0.306 e.